The molecule has 9 heteroatoms. The van der Waals surface area contributed by atoms with E-state index in [1.165, 1.54) is 17.0 Å². The van der Waals surface area contributed by atoms with Crippen molar-refractivity contribution < 1.29 is 27.9 Å². The molecule has 0 aliphatic heterocycles. The molecule has 0 saturated carbocycles. The number of amidine groups is 1. The van der Waals surface area contributed by atoms with Crippen molar-refractivity contribution in [2.24, 2.45) is 5.10 Å². The predicted molar refractivity (Wildman–Crippen MR) is 145 cm³/mol. The van der Waals surface area contributed by atoms with Crippen LogP contribution in [0.1, 0.15) is 42.0 Å². The second-order valence-corrected chi connectivity index (χ2v) is 9.24. The Morgan fingerprint density at radius 2 is 1.62 bits per heavy atom. The fourth-order valence-corrected chi connectivity index (χ4v) is 4.21. The van der Waals surface area contributed by atoms with Crippen LogP contribution in [-0.4, -0.2) is 46.8 Å². The van der Waals surface area contributed by atoms with Gasteiger partial charge in [-0.25, -0.2) is 0 Å². The molecule has 0 aliphatic rings. The summed E-state index contributed by atoms with van der Waals surface area (Å²) < 4.78 is 38.5. The number of carbonyl (C=O) groups is 2. The lowest BCUT2D eigenvalue weighted by Crippen LogP contribution is -2.31. The Kier molecular flexibility index (Phi) is 10.3. The lowest BCUT2D eigenvalue weighted by atomic mass is 9.99. The highest BCUT2D eigenvalue weighted by atomic mass is 19.4. The molecule has 1 N–H and O–H groups in total. The van der Waals surface area contributed by atoms with Gasteiger partial charge in [-0.2, -0.15) is 18.3 Å². The maximum absolute atomic E-state index is 12.8. The lowest BCUT2D eigenvalue weighted by molar-refractivity contribution is -0.138. The van der Waals surface area contributed by atoms with Gasteiger partial charge in [0.25, 0.3) is 0 Å². The van der Waals surface area contributed by atoms with Crippen molar-refractivity contribution in [2.45, 2.75) is 45.3 Å². The summed E-state index contributed by atoms with van der Waals surface area (Å²) in [7, 11) is 1.72. The average molecular weight is 540 g/mol. The van der Waals surface area contributed by atoms with E-state index in [4.69, 9.17) is 5.11 Å². The Morgan fingerprint density at radius 3 is 2.21 bits per heavy atom. The first-order valence-electron chi connectivity index (χ1n) is 12.7. The van der Waals surface area contributed by atoms with Crippen LogP contribution >= 0.6 is 0 Å². The quantitative estimate of drug-likeness (QED) is 0.128. The van der Waals surface area contributed by atoms with E-state index in [9.17, 15) is 22.8 Å². The topological polar surface area (TPSA) is 73.2 Å². The minimum Gasteiger partial charge on any atom is -0.481 e. The molecule has 6 nitrogen and oxygen atoms in total. The molecule has 0 heterocycles. The van der Waals surface area contributed by atoms with E-state index in [1.54, 1.807) is 18.1 Å². The number of alkyl halides is 3. The number of nitrogens with zero attached hydrogens (tertiary/aromatic N) is 3. The van der Waals surface area contributed by atoms with Gasteiger partial charge in [-0.15, -0.1) is 0 Å². The van der Waals surface area contributed by atoms with Gasteiger partial charge in [0.2, 0.25) is 6.41 Å². The van der Waals surface area contributed by atoms with Crippen LogP contribution in [0.3, 0.4) is 0 Å². The molecule has 3 aromatic carbocycles. The minimum atomic E-state index is -4.38. The Morgan fingerprint density at radius 1 is 0.949 bits per heavy atom. The lowest BCUT2D eigenvalue weighted by Gasteiger charge is -2.22. The first-order valence-corrected chi connectivity index (χ1v) is 12.7. The SMILES string of the molecule is CCN(C=O)/C(CCCc1ccc(-c2cccc(CC(=O)O)c2)cc1)=N\N(C)Cc1ccc(C(F)(F)F)cc1. The van der Waals surface area contributed by atoms with Gasteiger partial charge in [0.1, 0.15) is 5.84 Å². The molecule has 0 unspecified atom stereocenters. The average Bonchev–Trinajstić information content (AvgIpc) is 2.89. The number of benzene rings is 3. The number of carboxylic acid groups (broad SMARTS) is 1. The number of halogens is 3. The number of hydrogen-bond donors (Lipinski definition) is 1. The second-order valence-electron chi connectivity index (χ2n) is 9.24. The van der Waals surface area contributed by atoms with Crippen LogP contribution in [0.4, 0.5) is 13.2 Å². The Labute approximate surface area is 226 Å². The highest BCUT2D eigenvalue weighted by molar-refractivity contribution is 5.90. The Hall–Kier alpha value is -4.14. The zero-order valence-electron chi connectivity index (χ0n) is 22.0. The molecule has 3 rings (SSSR count). The molecular weight excluding hydrogens is 507 g/mol. The van der Waals surface area contributed by atoms with Gasteiger partial charge < -0.3 is 10.0 Å². The molecule has 0 saturated heterocycles. The molecule has 39 heavy (non-hydrogen) atoms. The third kappa shape index (κ3) is 8.98. The molecule has 0 aromatic heterocycles. The number of aryl methyl sites for hydroxylation is 1. The molecule has 0 bridgehead atoms. The molecule has 0 spiro atoms. The number of carbonyl (C=O) groups excluding carboxylic acids is 1. The van der Waals surface area contributed by atoms with Gasteiger partial charge in [0.05, 0.1) is 18.5 Å². The minimum absolute atomic E-state index is 0.0229. The number of aliphatic carboxylic acids is 1. The number of carboxylic acids is 1. The molecule has 0 atom stereocenters. The zero-order valence-corrected chi connectivity index (χ0v) is 22.0. The van der Waals surface area contributed by atoms with Gasteiger partial charge >= 0.3 is 12.1 Å². The third-order valence-electron chi connectivity index (χ3n) is 6.21. The molecular formula is C30H32F3N3O3. The van der Waals surface area contributed by atoms with Crippen LogP contribution in [0.15, 0.2) is 77.9 Å². The summed E-state index contributed by atoms with van der Waals surface area (Å²) in [6.45, 7) is 2.60. The van der Waals surface area contributed by atoms with Gasteiger partial charge in [-0.3, -0.25) is 14.6 Å². The fraction of sp³-hybridized carbons (Fsp3) is 0.300. The predicted octanol–water partition coefficient (Wildman–Crippen LogP) is 6.25. The van der Waals surface area contributed by atoms with E-state index in [1.807, 2.05) is 49.4 Å². The summed E-state index contributed by atoms with van der Waals surface area (Å²) in [6, 6.07) is 20.5. The van der Waals surface area contributed by atoms with Crippen molar-refractivity contribution in [3.8, 4) is 11.1 Å². The fourth-order valence-electron chi connectivity index (χ4n) is 4.21. The van der Waals surface area contributed by atoms with E-state index in [2.05, 4.69) is 5.10 Å². The van der Waals surface area contributed by atoms with Crippen molar-refractivity contribution in [2.75, 3.05) is 13.6 Å². The van der Waals surface area contributed by atoms with E-state index >= 15 is 0 Å². The van der Waals surface area contributed by atoms with Crippen LogP contribution in [0.25, 0.3) is 11.1 Å². The molecule has 0 aliphatic carbocycles. The third-order valence-corrected chi connectivity index (χ3v) is 6.21. The summed E-state index contributed by atoms with van der Waals surface area (Å²) in [5.41, 5.74) is 3.79. The number of amides is 1. The van der Waals surface area contributed by atoms with E-state index in [-0.39, 0.29) is 6.42 Å². The summed E-state index contributed by atoms with van der Waals surface area (Å²) in [5.74, 6) is -0.277. The van der Waals surface area contributed by atoms with Crippen molar-refractivity contribution >= 4 is 18.2 Å². The smallest absolute Gasteiger partial charge is 0.416 e. The Balaban J connectivity index is 1.62. The van der Waals surface area contributed by atoms with Crippen LogP contribution in [0.2, 0.25) is 0 Å². The largest absolute Gasteiger partial charge is 0.481 e. The van der Waals surface area contributed by atoms with Gasteiger partial charge in [0, 0.05) is 20.0 Å². The van der Waals surface area contributed by atoms with E-state index in [0.717, 1.165) is 53.6 Å². The monoisotopic (exact) mass is 539 g/mol. The van der Waals surface area contributed by atoms with Gasteiger partial charge in [-0.1, -0.05) is 60.7 Å². The van der Waals surface area contributed by atoms with Gasteiger partial charge in [0.15, 0.2) is 0 Å². The van der Waals surface area contributed by atoms with Crippen LogP contribution < -0.4 is 0 Å². The van der Waals surface area contributed by atoms with E-state index in [0.29, 0.717) is 30.9 Å². The maximum atomic E-state index is 12.8. The number of hydrazone groups is 1. The van der Waals surface area contributed by atoms with Crippen molar-refractivity contribution in [3.05, 3.63) is 95.1 Å². The zero-order chi connectivity index (χ0) is 28.4. The van der Waals surface area contributed by atoms with Crippen LogP contribution in [0.5, 0.6) is 0 Å². The molecule has 3 aromatic rings. The number of hydrogen-bond acceptors (Lipinski definition) is 4. The second kappa shape index (κ2) is 13.6. The number of rotatable bonds is 12. The van der Waals surface area contributed by atoms with Crippen molar-refractivity contribution in [1.29, 1.82) is 0 Å². The molecule has 0 fully saturated rings. The summed E-state index contributed by atoms with van der Waals surface area (Å²) in [6.07, 6.45) is -1.62. The van der Waals surface area contributed by atoms with Crippen LogP contribution in [0, 0.1) is 0 Å². The highest BCUT2D eigenvalue weighted by Crippen LogP contribution is 2.29. The van der Waals surface area contributed by atoms with Crippen molar-refractivity contribution in [3.63, 3.8) is 0 Å². The van der Waals surface area contributed by atoms with E-state index < -0.39 is 17.7 Å². The Bertz CT molecular complexity index is 1270. The summed E-state index contributed by atoms with van der Waals surface area (Å²) in [5, 5.41) is 15.2. The molecule has 0 radical (unpaired) electrons. The first kappa shape index (κ1) is 29.4. The summed E-state index contributed by atoms with van der Waals surface area (Å²) in [4.78, 5) is 24.2. The molecule has 1 amide bonds. The van der Waals surface area contributed by atoms with Gasteiger partial charge in [-0.05, 0) is 59.7 Å². The van der Waals surface area contributed by atoms with Crippen molar-refractivity contribution in [1.82, 2.24) is 9.91 Å². The highest BCUT2D eigenvalue weighted by Gasteiger charge is 2.29. The first-order chi connectivity index (χ1) is 18.6. The normalized spacial score (nSPS) is 11.8. The maximum Gasteiger partial charge on any atom is 0.416 e. The molecule has 206 valence electrons. The summed E-state index contributed by atoms with van der Waals surface area (Å²) >= 11 is 0. The standard InChI is InChI=1S/C30H32F3N3O3/c1-3-36(21-37)28(34-35(2)20-23-12-16-27(17-13-23)30(31,32)33)9-5-6-22-10-14-25(15-11-22)26-8-4-7-24(18-26)19-29(38)39/h4,7-8,10-18,21H,3,5-6,9,19-20H2,1-2H3,(H,38,39)/b34-28-. The van der Waals surface area contributed by atoms with Crippen LogP contribution in [-0.2, 0) is 35.2 Å².